The molecule has 2 aliphatic rings. The molecule has 10 nitrogen and oxygen atoms in total. The Balaban J connectivity index is 1.72. The number of anilines is 1. The molecule has 43 heavy (non-hydrogen) atoms. The molecule has 6 rings (SSSR count). The van der Waals surface area contributed by atoms with E-state index in [2.05, 4.69) is 21.5 Å². The molecule has 0 radical (unpaired) electrons. The largest absolute Gasteiger partial charge is 0.507 e. The van der Waals surface area contributed by atoms with Crippen LogP contribution < -0.4 is 15.3 Å². The van der Waals surface area contributed by atoms with Crippen LogP contribution in [0.2, 0.25) is 0 Å². The number of hydrogen-bond donors (Lipinski definition) is 1. The van der Waals surface area contributed by atoms with Crippen LogP contribution in [0.25, 0.3) is 28.0 Å². The monoisotopic (exact) mass is 588 g/mol. The second kappa shape index (κ2) is 10.4. The number of aromatic hydroxyl groups is 1. The standard InChI is InChI=1S/C31H30F2N6O4/c1-6-21(41)37-13-18-14-43-28-23-29(38(18)12-17(37)5)36-31(42)39(27-16(4)10-11-34-25(27)15(2)3)30(23)35-26(24(28)33)22-19(32)8-7-9-20(22)40/h6-11,15,17-18,40H,1,12-14H2,2-5H3. The molecule has 0 spiro atoms. The van der Waals surface area contributed by atoms with Crippen LogP contribution >= 0.6 is 0 Å². The first-order valence-electron chi connectivity index (χ1n) is 14.0. The van der Waals surface area contributed by atoms with Gasteiger partial charge in [-0.15, -0.1) is 0 Å². The van der Waals surface area contributed by atoms with E-state index in [0.29, 0.717) is 16.9 Å². The number of phenolic OH excluding ortho intramolecular Hbond substituents is 1. The number of amides is 1. The molecular weight excluding hydrogens is 558 g/mol. The molecule has 4 aromatic rings. The average molecular weight is 589 g/mol. The average Bonchev–Trinajstić information content (AvgIpc) is 3.12. The van der Waals surface area contributed by atoms with E-state index in [1.807, 2.05) is 32.6 Å². The molecule has 0 bridgehead atoms. The summed E-state index contributed by atoms with van der Waals surface area (Å²) in [7, 11) is 0. The fourth-order valence-corrected chi connectivity index (χ4v) is 5.97. The molecule has 0 aliphatic carbocycles. The number of carbonyl (C=O) groups excluding carboxylic acids is 1. The van der Waals surface area contributed by atoms with Gasteiger partial charge < -0.3 is 19.6 Å². The Labute approximate surface area is 245 Å². The number of fused-ring (bicyclic) bond motifs is 2. The minimum atomic E-state index is -1.01. The molecule has 1 fully saturated rings. The summed E-state index contributed by atoms with van der Waals surface area (Å²) in [6.45, 7) is 11.5. The van der Waals surface area contributed by atoms with Crippen molar-refractivity contribution in [2.45, 2.75) is 45.7 Å². The van der Waals surface area contributed by atoms with Gasteiger partial charge in [0, 0.05) is 25.3 Å². The zero-order valence-electron chi connectivity index (χ0n) is 24.1. The van der Waals surface area contributed by atoms with Crippen LogP contribution in [0.3, 0.4) is 0 Å². The molecule has 1 saturated heterocycles. The highest BCUT2D eigenvalue weighted by molar-refractivity contribution is 5.97. The first-order chi connectivity index (χ1) is 20.5. The van der Waals surface area contributed by atoms with E-state index >= 15 is 8.78 Å². The van der Waals surface area contributed by atoms with E-state index in [0.717, 1.165) is 6.07 Å². The van der Waals surface area contributed by atoms with Gasteiger partial charge in [0.25, 0.3) is 0 Å². The summed E-state index contributed by atoms with van der Waals surface area (Å²) in [5, 5.41) is 10.7. The molecule has 222 valence electrons. The lowest BCUT2D eigenvalue weighted by Crippen LogP contribution is -2.60. The van der Waals surface area contributed by atoms with Crippen molar-refractivity contribution in [3.05, 3.63) is 76.5 Å². The maximum Gasteiger partial charge on any atom is 0.355 e. The van der Waals surface area contributed by atoms with E-state index in [4.69, 9.17) is 4.74 Å². The number of aromatic nitrogens is 4. The molecule has 0 saturated carbocycles. The zero-order valence-corrected chi connectivity index (χ0v) is 24.1. The van der Waals surface area contributed by atoms with E-state index in [1.165, 1.54) is 22.8 Å². The fourth-order valence-electron chi connectivity index (χ4n) is 5.97. The molecule has 3 aromatic heterocycles. The van der Waals surface area contributed by atoms with Gasteiger partial charge in [-0.3, -0.25) is 9.78 Å². The molecule has 2 aliphatic heterocycles. The van der Waals surface area contributed by atoms with Gasteiger partial charge in [-0.25, -0.2) is 23.1 Å². The number of benzene rings is 1. The van der Waals surface area contributed by atoms with Crippen LogP contribution in [0.1, 0.15) is 37.9 Å². The van der Waals surface area contributed by atoms with Crippen molar-refractivity contribution in [1.29, 1.82) is 0 Å². The van der Waals surface area contributed by atoms with Crippen LogP contribution in [0, 0.1) is 18.6 Å². The highest BCUT2D eigenvalue weighted by Gasteiger charge is 2.40. The summed E-state index contributed by atoms with van der Waals surface area (Å²) in [5.74, 6) is -2.95. The molecule has 2 atom stereocenters. The van der Waals surface area contributed by atoms with Crippen molar-refractivity contribution in [3.8, 4) is 28.4 Å². The third-order valence-corrected chi connectivity index (χ3v) is 8.05. The second-order valence-corrected chi connectivity index (χ2v) is 11.2. The number of rotatable bonds is 4. The highest BCUT2D eigenvalue weighted by Crippen LogP contribution is 2.44. The number of phenols is 1. The van der Waals surface area contributed by atoms with Crippen LogP contribution in [0.5, 0.6) is 11.5 Å². The lowest BCUT2D eigenvalue weighted by atomic mass is 10.0. The summed E-state index contributed by atoms with van der Waals surface area (Å²) in [6.07, 6.45) is 2.87. The molecule has 1 N–H and O–H groups in total. The Bertz CT molecular complexity index is 1850. The summed E-state index contributed by atoms with van der Waals surface area (Å²) in [5.41, 5.74) is -0.0200. The Morgan fingerprint density at radius 1 is 1.21 bits per heavy atom. The van der Waals surface area contributed by atoms with Crippen molar-refractivity contribution >= 4 is 22.8 Å². The number of hydrogen-bond acceptors (Lipinski definition) is 8. The summed E-state index contributed by atoms with van der Waals surface area (Å²) in [6, 6.07) is 4.56. The predicted molar refractivity (Wildman–Crippen MR) is 157 cm³/mol. The molecule has 5 heterocycles. The predicted octanol–water partition coefficient (Wildman–Crippen LogP) is 4.24. The van der Waals surface area contributed by atoms with E-state index in [9.17, 15) is 14.7 Å². The number of pyridine rings is 2. The number of piperazine rings is 1. The molecule has 2 unspecified atom stereocenters. The van der Waals surface area contributed by atoms with Gasteiger partial charge in [-0.05, 0) is 49.6 Å². The quantitative estimate of drug-likeness (QED) is 0.352. The summed E-state index contributed by atoms with van der Waals surface area (Å²) >= 11 is 0. The van der Waals surface area contributed by atoms with Crippen molar-refractivity contribution < 1.29 is 23.4 Å². The fraction of sp³-hybridized carbons (Fsp3) is 0.323. The normalized spacial score (nSPS) is 17.9. The number of carbonyl (C=O) groups is 1. The van der Waals surface area contributed by atoms with Gasteiger partial charge in [0.2, 0.25) is 5.91 Å². The van der Waals surface area contributed by atoms with Gasteiger partial charge in [0.05, 0.1) is 23.0 Å². The van der Waals surface area contributed by atoms with Crippen LogP contribution in [0.15, 0.2) is 47.9 Å². The smallest absolute Gasteiger partial charge is 0.355 e. The third-order valence-electron chi connectivity index (χ3n) is 8.05. The zero-order chi connectivity index (χ0) is 30.7. The van der Waals surface area contributed by atoms with Crippen molar-refractivity contribution in [2.24, 2.45) is 0 Å². The summed E-state index contributed by atoms with van der Waals surface area (Å²) in [4.78, 5) is 43.6. The lowest BCUT2D eigenvalue weighted by Gasteiger charge is -2.44. The Kier molecular flexibility index (Phi) is 6.86. The first-order valence-corrected chi connectivity index (χ1v) is 14.0. The molecule has 1 amide bonds. The van der Waals surface area contributed by atoms with E-state index in [1.54, 1.807) is 17.2 Å². The van der Waals surface area contributed by atoms with Crippen LogP contribution in [-0.4, -0.2) is 67.2 Å². The Morgan fingerprint density at radius 2 is 1.98 bits per heavy atom. The minimum absolute atomic E-state index is 0.0278. The van der Waals surface area contributed by atoms with Gasteiger partial charge >= 0.3 is 5.69 Å². The van der Waals surface area contributed by atoms with Gasteiger partial charge in [0.15, 0.2) is 17.2 Å². The first kappa shape index (κ1) is 28.3. The number of halogens is 2. The third kappa shape index (κ3) is 4.39. The van der Waals surface area contributed by atoms with Gasteiger partial charge in [-0.1, -0.05) is 26.5 Å². The lowest BCUT2D eigenvalue weighted by molar-refractivity contribution is -0.129. The molecular formula is C31H30F2N6O4. The van der Waals surface area contributed by atoms with Crippen molar-refractivity contribution in [1.82, 2.24) is 24.4 Å². The van der Waals surface area contributed by atoms with Crippen molar-refractivity contribution in [2.75, 3.05) is 24.6 Å². The van der Waals surface area contributed by atoms with Gasteiger partial charge in [-0.2, -0.15) is 4.98 Å². The van der Waals surface area contributed by atoms with Crippen LogP contribution in [0.4, 0.5) is 14.6 Å². The number of aryl methyl sites for hydroxylation is 1. The van der Waals surface area contributed by atoms with E-state index in [-0.39, 0.29) is 60.2 Å². The minimum Gasteiger partial charge on any atom is -0.507 e. The SMILES string of the molecule is C=CC(=O)N1CC2COc3c(F)c(-c4c(O)cccc4F)nc4c3c(nc(=O)n4-c3c(C)ccnc3C(C)C)N2CC1C. The Hall–Kier alpha value is -4.87. The topological polar surface area (TPSA) is 114 Å². The second-order valence-electron chi connectivity index (χ2n) is 11.2. The van der Waals surface area contributed by atoms with E-state index < -0.39 is 40.4 Å². The summed E-state index contributed by atoms with van der Waals surface area (Å²) < 4.78 is 39.0. The maximum atomic E-state index is 16.5. The number of nitrogens with zero attached hydrogens (tertiary/aromatic N) is 6. The molecule has 12 heteroatoms. The maximum absolute atomic E-state index is 16.5. The van der Waals surface area contributed by atoms with Crippen LogP contribution in [-0.2, 0) is 4.79 Å². The highest BCUT2D eigenvalue weighted by atomic mass is 19.1. The van der Waals surface area contributed by atoms with Gasteiger partial charge in [0.1, 0.15) is 35.1 Å². The molecule has 1 aromatic carbocycles. The Morgan fingerprint density at radius 3 is 2.67 bits per heavy atom. The van der Waals surface area contributed by atoms with Crippen molar-refractivity contribution in [3.63, 3.8) is 0 Å². The number of ether oxygens (including phenoxy) is 1.